The number of aromatic hydroxyl groups is 1. The van der Waals surface area contributed by atoms with Crippen LogP contribution in [0.3, 0.4) is 0 Å². The van der Waals surface area contributed by atoms with Gasteiger partial charge in [-0.05, 0) is 31.0 Å². The average Bonchev–Trinajstić information content (AvgIpc) is 2.43. The van der Waals surface area contributed by atoms with Crippen LogP contribution in [0.15, 0.2) is 30.3 Å². The molecule has 5 heteroatoms. The van der Waals surface area contributed by atoms with E-state index >= 15 is 0 Å². The van der Waals surface area contributed by atoms with Crippen LogP contribution in [0.2, 0.25) is 0 Å². The van der Waals surface area contributed by atoms with E-state index in [0.717, 1.165) is 6.07 Å². The van der Waals surface area contributed by atoms with Gasteiger partial charge in [-0.1, -0.05) is 6.07 Å². The van der Waals surface area contributed by atoms with Crippen LogP contribution in [0.5, 0.6) is 11.5 Å². The van der Waals surface area contributed by atoms with Gasteiger partial charge in [0, 0.05) is 17.2 Å². The summed E-state index contributed by atoms with van der Waals surface area (Å²) in [5.74, 6) is -2.61. The first-order chi connectivity index (χ1) is 9.56. The van der Waals surface area contributed by atoms with E-state index in [9.17, 15) is 18.3 Å². The minimum absolute atomic E-state index is 0.0158. The zero-order chi connectivity index (χ0) is 14.3. The molecule has 0 aromatic heterocycles. The van der Waals surface area contributed by atoms with E-state index in [-0.39, 0.29) is 11.3 Å². The molecule has 104 valence electrons. The molecule has 1 heterocycles. The van der Waals surface area contributed by atoms with E-state index in [1.165, 1.54) is 0 Å². The summed E-state index contributed by atoms with van der Waals surface area (Å²) >= 11 is 0. The van der Waals surface area contributed by atoms with Crippen LogP contribution in [-0.4, -0.2) is 5.11 Å². The fourth-order valence-electron chi connectivity index (χ4n) is 2.41. The fraction of sp³-hybridized carbons (Fsp3) is 0.200. The Morgan fingerprint density at radius 2 is 1.80 bits per heavy atom. The Labute approximate surface area is 113 Å². The minimum Gasteiger partial charge on any atom is -0.508 e. The maximum atomic E-state index is 13.7. The van der Waals surface area contributed by atoms with E-state index < -0.39 is 23.6 Å². The molecule has 0 amide bonds. The molecule has 0 spiro atoms. The molecule has 0 bridgehead atoms. The monoisotopic (exact) mass is 280 g/mol. The molecule has 0 aliphatic carbocycles. The second kappa shape index (κ2) is 4.74. The predicted octanol–water partition coefficient (Wildman–Crippen LogP) is 3.88. The summed E-state index contributed by atoms with van der Waals surface area (Å²) in [6.45, 7) is 0. The van der Waals surface area contributed by atoms with Gasteiger partial charge in [0.15, 0.2) is 11.6 Å². The molecule has 0 saturated carbocycles. The van der Waals surface area contributed by atoms with Crippen LogP contribution in [0, 0.1) is 17.5 Å². The molecule has 1 aliphatic heterocycles. The Balaban J connectivity index is 1.96. The Morgan fingerprint density at radius 1 is 1.05 bits per heavy atom. The average molecular weight is 280 g/mol. The molecule has 2 aromatic carbocycles. The Bertz CT molecular complexity index is 670. The molecular formula is C15H11F3O2. The van der Waals surface area contributed by atoms with Crippen LogP contribution in [0.1, 0.15) is 23.7 Å². The summed E-state index contributed by atoms with van der Waals surface area (Å²) in [7, 11) is 0. The van der Waals surface area contributed by atoms with E-state index in [4.69, 9.17) is 4.74 Å². The normalized spacial score (nSPS) is 17.4. The summed E-state index contributed by atoms with van der Waals surface area (Å²) < 4.78 is 45.5. The number of ether oxygens (including phenoxy) is 1. The Morgan fingerprint density at radius 3 is 2.60 bits per heavy atom. The second-order valence-corrected chi connectivity index (χ2v) is 4.69. The predicted molar refractivity (Wildman–Crippen MR) is 66.1 cm³/mol. The van der Waals surface area contributed by atoms with E-state index in [2.05, 4.69) is 0 Å². The fourth-order valence-corrected chi connectivity index (χ4v) is 2.41. The third-order valence-corrected chi connectivity index (χ3v) is 3.42. The van der Waals surface area contributed by atoms with Crippen molar-refractivity contribution in [3.63, 3.8) is 0 Å². The molecule has 0 saturated heterocycles. The molecule has 2 nitrogen and oxygen atoms in total. The van der Waals surface area contributed by atoms with Crippen molar-refractivity contribution in [1.82, 2.24) is 0 Å². The van der Waals surface area contributed by atoms with Crippen molar-refractivity contribution >= 4 is 0 Å². The van der Waals surface area contributed by atoms with E-state index in [0.29, 0.717) is 30.2 Å². The van der Waals surface area contributed by atoms with Crippen LogP contribution in [-0.2, 0) is 6.42 Å². The highest BCUT2D eigenvalue weighted by Gasteiger charge is 2.26. The minimum atomic E-state index is -1.22. The lowest BCUT2D eigenvalue weighted by Gasteiger charge is -2.27. The van der Waals surface area contributed by atoms with E-state index in [1.807, 2.05) is 0 Å². The zero-order valence-corrected chi connectivity index (χ0v) is 10.4. The first-order valence-electron chi connectivity index (χ1n) is 6.18. The SMILES string of the molecule is Oc1cccc2c1CCC(c1cc(F)c(F)cc1F)O2. The van der Waals surface area contributed by atoms with Gasteiger partial charge in [0.1, 0.15) is 23.4 Å². The van der Waals surface area contributed by atoms with E-state index in [1.54, 1.807) is 18.2 Å². The van der Waals surface area contributed by atoms with Crippen molar-refractivity contribution in [3.05, 3.63) is 58.9 Å². The standard InChI is InChI=1S/C15H11F3O2/c16-10-7-12(18)11(17)6-9(10)15-5-4-8-13(19)2-1-3-14(8)20-15/h1-3,6-7,15,19H,4-5H2. The Kier molecular flexibility index (Phi) is 3.04. The highest BCUT2D eigenvalue weighted by atomic mass is 19.2. The summed E-state index contributed by atoms with van der Waals surface area (Å²) in [5.41, 5.74) is 0.629. The van der Waals surface area contributed by atoms with Crippen molar-refractivity contribution in [1.29, 1.82) is 0 Å². The maximum Gasteiger partial charge on any atom is 0.161 e. The van der Waals surface area contributed by atoms with Crippen LogP contribution >= 0.6 is 0 Å². The number of hydrogen-bond donors (Lipinski definition) is 1. The summed E-state index contributed by atoms with van der Waals surface area (Å²) in [6.07, 6.45) is 0.164. The van der Waals surface area contributed by atoms with Crippen LogP contribution in [0.25, 0.3) is 0 Å². The molecule has 0 radical (unpaired) electrons. The molecule has 3 rings (SSSR count). The molecule has 1 aliphatic rings. The number of fused-ring (bicyclic) bond motifs is 1. The smallest absolute Gasteiger partial charge is 0.161 e. The lowest BCUT2D eigenvalue weighted by Crippen LogP contribution is -2.17. The second-order valence-electron chi connectivity index (χ2n) is 4.69. The third-order valence-electron chi connectivity index (χ3n) is 3.42. The lowest BCUT2D eigenvalue weighted by molar-refractivity contribution is 0.169. The largest absolute Gasteiger partial charge is 0.508 e. The van der Waals surface area contributed by atoms with Gasteiger partial charge in [0.25, 0.3) is 0 Å². The van der Waals surface area contributed by atoms with Gasteiger partial charge >= 0.3 is 0 Å². The highest BCUT2D eigenvalue weighted by Crippen LogP contribution is 2.39. The van der Waals surface area contributed by atoms with Crippen molar-refractivity contribution in [3.8, 4) is 11.5 Å². The number of hydrogen-bond acceptors (Lipinski definition) is 2. The first kappa shape index (κ1) is 12.8. The van der Waals surface area contributed by atoms with Gasteiger partial charge < -0.3 is 9.84 Å². The first-order valence-corrected chi connectivity index (χ1v) is 6.18. The van der Waals surface area contributed by atoms with Gasteiger partial charge in [-0.25, -0.2) is 13.2 Å². The van der Waals surface area contributed by atoms with Crippen molar-refractivity contribution in [2.45, 2.75) is 18.9 Å². The van der Waals surface area contributed by atoms with Crippen molar-refractivity contribution in [2.24, 2.45) is 0 Å². The van der Waals surface area contributed by atoms with Gasteiger partial charge in [-0.15, -0.1) is 0 Å². The van der Waals surface area contributed by atoms with Crippen LogP contribution < -0.4 is 4.74 Å². The van der Waals surface area contributed by atoms with Gasteiger partial charge in [-0.3, -0.25) is 0 Å². The summed E-state index contributed by atoms with van der Waals surface area (Å²) in [6, 6.07) is 6.15. The molecule has 0 fully saturated rings. The molecular weight excluding hydrogens is 269 g/mol. The lowest BCUT2D eigenvalue weighted by atomic mass is 9.96. The van der Waals surface area contributed by atoms with Gasteiger partial charge in [0.05, 0.1) is 0 Å². The van der Waals surface area contributed by atoms with Crippen molar-refractivity contribution in [2.75, 3.05) is 0 Å². The Hall–Kier alpha value is -2.17. The molecule has 1 N–H and O–H groups in total. The highest BCUT2D eigenvalue weighted by molar-refractivity contribution is 5.45. The molecule has 2 aromatic rings. The quantitative estimate of drug-likeness (QED) is 0.803. The molecule has 1 unspecified atom stereocenters. The maximum absolute atomic E-state index is 13.7. The number of halogens is 3. The number of phenolic OH excluding ortho intramolecular Hbond substituents is 1. The number of rotatable bonds is 1. The zero-order valence-electron chi connectivity index (χ0n) is 10.4. The topological polar surface area (TPSA) is 29.5 Å². The van der Waals surface area contributed by atoms with Gasteiger partial charge in [0.2, 0.25) is 0 Å². The number of phenols is 1. The summed E-state index contributed by atoms with van der Waals surface area (Å²) in [4.78, 5) is 0. The molecule has 1 atom stereocenters. The third kappa shape index (κ3) is 2.09. The molecule has 20 heavy (non-hydrogen) atoms. The van der Waals surface area contributed by atoms with Gasteiger partial charge in [-0.2, -0.15) is 0 Å². The van der Waals surface area contributed by atoms with Crippen molar-refractivity contribution < 1.29 is 23.0 Å². The van der Waals surface area contributed by atoms with Crippen LogP contribution in [0.4, 0.5) is 13.2 Å². The number of benzene rings is 2. The summed E-state index contributed by atoms with van der Waals surface area (Å²) in [5, 5.41) is 9.68.